The molecular formula is C29H36N2O4. The fourth-order valence-corrected chi connectivity index (χ4v) is 5.16. The lowest BCUT2D eigenvalue weighted by Gasteiger charge is -2.28. The average Bonchev–Trinajstić information content (AvgIpc) is 3.23. The van der Waals surface area contributed by atoms with Gasteiger partial charge in [-0.3, -0.25) is 4.68 Å². The number of hydrogen-bond donors (Lipinski definition) is 1. The van der Waals surface area contributed by atoms with Crippen molar-refractivity contribution in [1.82, 2.24) is 9.78 Å². The van der Waals surface area contributed by atoms with E-state index in [9.17, 15) is 4.79 Å². The molecule has 1 aromatic heterocycles. The molecule has 0 amide bonds. The zero-order chi connectivity index (χ0) is 24.6. The fraction of sp³-hybridized carbons (Fsp3) is 0.448. The molecule has 1 saturated carbocycles. The number of benzene rings is 2. The van der Waals surface area contributed by atoms with E-state index in [1.54, 1.807) is 7.11 Å². The van der Waals surface area contributed by atoms with Gasteiger partial charge in [-0.2, -0.15) is 5.10 Å². The second-order valence-electron chi connectivity index (χ2n) is 9.50. The molecule has 0 radical (unpaired) electrons. The van der Waals surface area contributed by atoms with E-state index < -0.39 is 5.97 Å². The summed E-state index contributed by atoms with van der Waals surface area (Å²) in [6, 6.07) is 18.7. The largest absolute Gasteiger partial charge is 0.497 e. The first-order chi connectivity index (χ1) is 17.1. The normalized spacial score (nSPS) is 17.9. The summed E-state index contributed by atoms with van der Waals surface area (Å²) in [5, 5.41) is 14.0. The Morgan fingerprint density at radius 2 is 1.74 bits per heavy atom. The molecule has 0 spiro atoms. The molecule has 0 atom stereocenters. The Kier molecular flexibility index (Phi) is 8.59. The Balaban J connectivity index is 1.60. The quantitative estimate of drug-likeness (QED) is 0.363. The van der Waals surface area contributed by atoms with Crippen LogP contribution in [0.4, 0.5) is 0 Å². The zero-order valence-electron chi connectivity index (χ0n) is 20.8. The molecule has 0 saturated heterocycles. The highest BCUT2D eigenvalue weighted by Crippen LogP contribution is 2.38. The predicted molar refractivity (Wildman–Crippen MR) is 138 cm³/mol. The second kappa shape index (κ2) is 12.0. The molecule has 1 aliphatic carbocycles. The predicted octanol–water partition coefficient (Wildman–Crippen LogP) is 6.09. The topological polar surface area (TPSA) is 73.6 Å². The molecule has 6 nitrogen and oxygen atoms in total. The van der Waals surface area contributed by atoms with Crippen molar-refractivity contribution in [2.24, 2.45) is 11.8 Å². The number of hydrogen-bond acceptors (Lipinski definition) is 4. The molecule has 1 N–H and O–H groups in total. The number of carboxylic acids is 1. The summed E-state index contributed by atoms with van der Waals surface area (Å²) in [6.07, 6.45) is 6.38. The van der Waals surface area contributed by atoms with Crippen LogP contribution in [0.5, 0.6) is 5.75 Å². The third kappa shape index (κ3) is 6.31. The molecule has 1 aliphatic rings. The standard InChI is InChI=1S/C29H36N2O4/c1-3-8-26-28(24-11-7-12-25(17-24)34-2)29(23-9-5-4-6-10-23)30-31(26)18-21-13-15-22(16-14-21)19-35-20-27(32)33/h4-7,9-12,17,21-22H,3,8,13-16,18-20H2,1-2H3,(H,32,33)/t21-,22+. The van der Waals surface area contributed by atoms with E-state index in [1.165, 1.54) is 11.3 Å². The third-order valence-corrected chi connectivity index (χ3v) is 6.93. The molecule has 0 bridgehead atoms. The minimum atomic E-state index is -0.901. The Hall–Kier alpha value is -3.12. The third-order valence-electron chi connectivity index (χ3n) is 6.93. The number of aromatic nitrogens is 2. The molecular weight excluding hydrogens is 440 g/mol. The Bertz CT molecular complexity index is 1100. The molecule has 6 heteroatoms. The van der Waals surface area contributed by atoms with Crippen molar-refractivity contribution in [1.29, 1.82) is 0 Å². The summed E-state index contributed by atoms with van der Waals surface area (Å²) in [5.41, 5.74) is 5.77. The second-order valence-corrected chi connectivity index (χ2v) is 9.50. The number of rotatable bonds is 11. The van der Waals surface area contributed by atoms with Crippen LogP contribution < -0.4 is 4.74 Å². The summed E-state index contributed by atoms with van der Waals surface area (Å²) in [4.78, 5) is 10.7. The van der Waals surface area contributed by atoms with Crippen LogP contribution in [0.25, 0.3) is 22.4 Å². The Labute approximate surface area is 207 Å². The minimum absolute atomic E-state index is 0.205. The first-order valence-corrected chi connectivity index (χ1v) is 12.7. The van der Waals surface area contributed by atoms with Gasteiger partial charge in [0.1, 0.15) is 18.1 Å². The van der Waals surface area contributed by atoms with E-state index in [4.69, 9.17) is 19.7 Å². The summed E-state index contributed by atoms with van der Waals surface area (Å²) in [7, 11) is 1.71. The first-order valence-electron chi connectivity index (χ1n) is 12.7. The lowest BCUT2D eigenvalue weighted by atomic mass is 9.82. The van der Waals surface area contributed by atoms with Crippen molar-refractivity contribution in [2.45, 2.75) is 52.0 Å². The highest BCUT2D eigenvalue weighted by Gasteiger charge is 2.26. The number of ether oxygens (including phenoxy) is 2. The smallest absolute Gasteiger partial charge is 0.329 e. The maximum atomic E-state index is 10.7. The maximum Gasteiger partial charge on any atom is 0.329 e. The summed E-state index contributed by atoms with van der Waals surface area (Å²) >= 11 is 0. The van der Waals surface area contributed by atoms with Gasteiger partial charge in [-0.15, -0.1) is 0 Å². The molecule has 1 fully saturated rings. The van der Waals surface area contributed by atoms with E-state index in [2.05, 4.69) is 48.0 Å². The van der Waals surface area contributed by atoms with Gasteiger partial charge in [-0.1, -0.05) is 55.8 Å². The van der Waals surface area contributed by atoms with Crippen molar-refractivity contribution in [3.63, 3.8) is 0 Å². The highest BCUT2D eigenvalue weighted by atomic mass is 16.5. The van der Waals surface area contributed by atoms with Gasteiger partial charge in [0, 0.05) is 23.4 Å². The van der Waals surface area contributed by atoms with Crippen LogP contribution in [0.2, 0.25) is 0 Å². The van der Waals surface area contributed by atoms with E-state index in [-0.39, 0.29) is 6.61 Å². The minimum Gasteiger partial charge on any atom is -0.497 e. The van der Waals surface area contributed by atoms with E-state index in [1.807, 2.05) is 18.2 Å². The average molecular weight is 477 g/mol. The van der Waals surface area contributed by atoms with Crippen LogP contribution in [-0.4, -0.2) is 41.2 Å². The Morgan fingerprint density at radius 1 is 1.03 bits per heavy atom. The summed E-state index contributed by atoms with van der Waals surface area (Å²) < 4.78 is 13.1. The van der Waals surface area contributed by atoms with Crippen LogP contribution in [0.15, 0.2) is 54.6 Å². The van der Waals surface area contributed by atoms with E-state index in [0.717, 1.165) is 67.6 Å². The van der Waals surface area contributed by atoms with Gasteiger partial charge in [-0.25, -0.2) is 4.79 Å². The lowest BCUT2D eigenvalue weighted by molar-refractivity contribution is -0.142. The van der Waals surface area contributed by atoms with Gasteiger partial charge >= 0.3 is 5.97 Å². The number of aliphatic carboxylic acids is 1. The van der Waals surface area contributed by atoms with Crippen molar-refractivity contribution < 1.29 is 19.4 Å². The fourth-order valence-electron chi connectivity index (χ4n) is 5.16. The number of nitrogens with zero attached hydrogens (tertiary/aromatic N) is 2. The summed E-state index contributed by atoms with van der Waals surface area (Å²) in [6.45, 7) is 3.46. The maximum absolute atomic E-state index is 10.7. The number of carbonyl (C=O) groups is 1. The monoisotopic (exact) mass is 476 g/mol. The molecule has 3 aromatic rings. The first kappa shape index (κ1) is 25.0. The van der Waals surface area contributed by atoms with Crippen LogP contribution >= 0.6 is 0 Å². The number of carboxylic acid groups (broad SMARTS) is 1. The van der Waals surface area contributed by atoms with Crippen LogP contribution in [0.3, 0.4) is 0 Å². The van der Waals surface area contributed by atoms with E-state index in [0.29, 0.717) is 18.4 Å². The van der Waals surface area contributed by atoms with Gasteiger partial charge in [0.05, 0.1) is 13.7 Å². The van der Waals surface area contributed by atoms with Crippen molar-refractivity contribution in [3.05, 3.63) is 60.3 Å². The van der Waals surface area contributed by atoms with Crippen molar-refractivity contribution in [2.75, 3.05) is 20.3 Å². The molecule has 4 rings (SSSR count). The molecule has 0 unspecified atom stereocenters. The van der Waals surface area contributed by atoms with Crippen LogP contribution in [0.1, 0.15) is 44.7 Å². The van der Waals surface area contributed by atoms with Gasteiger partial charge in [-0.05, 0) is 61.6 Å². The molecule has 1 heterocycles. The molecule has 0 aliphatic heterocycles. The molecule has 186 valence electrons. The van der Waals surface area contributed by atoms with Crippen LogP contribution in [-0.2, 0) is 22.5 Å². The van der Waals surface area contributed by atoms with Gasteiger partial charge in [0.2, 0.25) is 0 Å². The van der Waals surface area contributed by atoms with Gasteiger partial charge in [0.15, 0.2) is 0 Å². The van der Waals surface area contributed by atoms with Crippen LogP contribution in [0, 0.1) is 11.8 Å². The van der Waals surface area contributed by atoms with Gasteiger partial charge in [0.25, 0.3) is 0 Å². The van der Waals surface area contributed by atoms with Gasteiger partial charge < -0.3 is 14.6 Å². The van der Waals surface area contributed by atoms with E-state index >= 15 is 0 Å². The molecule has 35 heavy (non-hydrogen) atoms. The Morgan fingerprint density at radius 3 is 2.43 bits per heavy atom. The SMILES string of the molecule is CCCc1c(-c2cccc(OC)c2)c(-c2ccccc2)nn1C[C@H]1CC[C@@H](COCC(=O)O)CC1. The number of methoxy groups -OCH3 is 1. The van der Waals surface area contributed by atoms with Crippen molar-refractivity contribution in [3.8, 4) is 28.1 Å². The molecule has 2 aromatic carbocycles. The lowest BCUT2D eigenvalue weighted by Crippen LogP contribution is -2.23. The van der Waals surface area contributed by atoms with Crippen molar-refractivity contribution >= 4 is 5.97 Å². The summed E-state index contributed by atoms with van der Waals surface area (Å²) in [5.74, 6) is 0.954. The highest BCUT2D eigenvalue weighted by molar-refractivity contribution is 5.83. The zero-order valence-corrected chi connectivity index (χ0v) is 20.8.